The number of anilines is 1. The first kappa shape index (κ1) is 15.5. The molecule has 0 atom stereocenters. The smallest absolute Gasteiger partial charge is 0.322 e. The quantitative estimate of drug-likeness (QED) is 0.713. The van der Waals surface area contributed by atoms with Gasteiger partial charge in [0.15, 0.2) is 5.75 Å². The highest BCUT2D eigenvalue weighted by atomic mass is 32.2. The van der Waals surface area contributed by atoms with Gasteiger partial charge in [0, 0.05) is 12.3 Å². The van der Waals surface area contributed by atoms with Gasteiger partial charge in [0.25, 0.3) is 0 Å². The Balaban J connectivity index is 2.73. The summed E-state index contributed by atoms with van der Waals surface area (Å²) in [4.78, 5) is 11.0. The van der Waals surface area contributed by atoms with Crippen molar-refractivity contribution in [3.05, 3.63) is 29.8 Å². The monoisotopic (exact) mass is 287 g/mol. The predicted octanol–water partition coefficient (Wildman–Crippen LogP) is 0.526. The SMILES string of the molecule is COC(=O)CS(=O)(=O)Nc1cccc(CCCO)c1. The molecule has 106 valence electrons. The number of hydrogen-bond donors (Lipinski definition) is 2. The molecule has 0 aliphatic rings. The molecule has 0 heterocycles. The van der Waals surface area contributed by atoms with Gasteiger partial charge in [-0.05, 0) is 30.5 Å². The fourth-order valence-corrected chi connectivity index (χ4v) is 2.49. The van der Waals surface area contributed by atoms with Crippen molar-refractivity contribution in [3.63, 3.8) is 0 Å². The molecule has 0 fully saturated rings. The molecule has 2 N–H and O–H groups in total. The normalized spacial score (nSPS) is 11.1. The number of nitrogens with one attached hydrogen (secondary N) is 1. The van der Waals surface area contributed by atoms with Crippen LogP contribution in [0.15, 0.2) is 24.3 Å². The Morgan fingerprint density at radius 3 is 2.79 bits per heavy atom. The summed E-state index contributed by atoms with van der Waals surface area (Å²) in [5, 5.41) is 8.75. The van der Waals surface area contributed by atoms with Crippen LogP contribution < -0.4 is 4.72 Å². The summed E-state index contributed by atoms with van der Waals surface area (Å²) >= 11 is 0. The van der Waals surface area contributed by atoms with E-state index in [4.69, 9.17) is 5.11 Å². The van der Waals surface area contributed by atoms with Crippen LogP contribution in [0.1, 0.15) is 12.0 Å². The summed E-state index contributed by atoms with van der Waals surface area (Å²) in [6.45, 7) is 0.0816. The van der Waals surface area contributed by atoms with Gasteiger partial charge in [-0.2, -0.15) is 0 Å². The van der Waals surface area contributed by atoms with Gasteiger partial charge in [-0.25, -0.2) is 8.42 Å². The molecule has 0 spiro atoms. The highest BCUT2D eigenvalue weighted by molar-refractivity contribution is 7.93. The van der Waals surface area contributed by atoms with E-state index in [1.54, 1.807) is 18.2 Å². The molecule has 7 heteroatoms. The van der Waals surface area contributed by atoms with Gasteiger partial charge in [0.05, 0.1) is 7.11 Å². The summed E-state index contributed by atoms with van der Waals surface area (Å²) < 4.78 is 29.9. The van der Waals surface area contributed by atoms with E-state index in [1.807, 2.05) is 6.07 Å². The Morgan fingerprint density at radius 2 is 2.16 bits per heavy atom. The van der Waals surface area contributed by atoms with Gasteiger partial charge >= 0.3 is 5.97 Å². The van der Waals surface area contributed by atoms with E-state index in [0.717, 1.165) is 12.7 Å². The molecule has 1 aromatic carbocycles. The van der Waals surface area contributed by atoms with Crippen LogP contribution in [-0.4, -0.2) is 39.0 Å². The zero-order valence-corrected chi connectivity index (χ0v) is 11.4. The number of esters is 1. The maximum absolute atomic E-state index is 11.6. The van der Waals surface area contributed by atoms with E-state index in [0.29, 0.717) is 18.5 Å². The molecule has 0 saturated heterocycles. The number of aryl methyl sites for hydroxylation is 1. The number of aliphatic hydroxyl groups is 1. The minimum atomic E-state index is -3.76. The second-order valence-corrected chi connectivity index (χ2v) is 5.69. The van der Waals surface area contributed by atoms with E-state index in [9.17, 15) is 13.2 Å². The van der Waals surface area contributed by atoms with Crippen molar-refractivity contribution in [2.75, 3.05) is 24.2 Å². The second kappa shape index (κ2) is 7.10. The summed E-state index contributed by atoms with van der Waals surface area (Å²) in [5.74, 6) is -1.53. The van der Waals surface area contributed by atoms with Crippen molar-refractivity contribution < 1.29 is 23.1 Å². The fraction of sp³-hybridized carbons (Fsp3) is 0.417. The first-order valence-corrected chi connectivity index (χ1v) is 7.39. The molecule has 19 heavy (non-hydrogen) atoms. The third-order valence-corrected chi connectivity index (χ3v) is 3.52. The van der Waals surface area contributed by atoms with Crippen LogP contribution in [0.5, 0.6) is 0 Å². The first-order chi connectivity index (χ1) is 8.96. The van der Waals surface area contributed by atoms with Gasteiger partial charge in [0.1, 0.15) is 0 Å². The molecular formula is C12H17NO5S. The summed E-state index contributed by atoms with van der Waals surface area (Å²) in [7, 11) is -2.62. The van der Waals surface area contributed by atoms with E-state index in [2.05, 4.69) is 9.46 Å². The van der Waals surface area contributed by atoms with Crippen LogP contribution in [0.25, 0.3) is 0 Å². The number of benzene rings is 1. The van der Waals surface area contributed by atoms with Gasteiger partial charge in [0.2, 0.25) is 10.0 Å². The number of hydrogen-bond acceptors (Lipinski definition) is 5. The van der Waals surface area contributed by atoms with Crippen molar-refractivity contribution in [1.82, 2.24) is 0 Å². The van der Waals surface area contributed by atoms with Crippen LogP contribution in [0.4, 0.5) is 5.69 Å². The van der Waals surface area contributed by atoms with Crippen LogP contribution in [0.2, 0.25) is 0 Å². The van der Waals surface area contributed by atoms with Gasteiger partial charge in [-0.1, -0.05) is 12.1 Å². The Bertz CT molecular complexity index is 527. The van der Waals surface area contributed by atoms with Crippen molar-refractivity contribution in [2.45, 2.75) is 12.8 Å². The standard InChI is InChI=1S/C12H17NO5S/c1-18-12(15)9-19(16,17)13-11-6-2-4-10(8-11)5-3-7-14/h2,4,6,8,13-14H,3,5,7,9H2,1H3. The minimum Gasteiger partial charge on any atom is -0.468 e. The minimum absolute atomic E-state index is 0.0816. The number of carbonyl (C=O) groups excluding carboxylic acids is 1. The molecule has 0 saturated carbocycles. The molecular weight excluding hydrogens is 270 g/mol. The molecule has 0 unspecified atom stereocenters. The van der Waals surface area contributed by atoms with Crippen molar-refractivity contribution in [3.8, 4) is 0 Å². The molecule has 0 aliphatic heterocycles. The lowest BCUT2D eigenvalue weighted by atomic mass is 10.1. The molecule has 0 radical (unpaired) electrons. The lowest BCUT2D eigenvalue weighted by Gasteiger charge is -2.08. The molecule has 0 amide bonds. The van der Waals surface area contributed by atoms with Crippen molar-refractivity contribution in [2.24, 2.45) is 0 Å². The molecule has 0 aromatic heterocycles. The van der Waals surface area contributed by atoms with Gasteiger partial charge in [-0.3, -0.25) is 9.52 Å². The van der Waals surface area contributed by atoms with Gasteiger partial charge in [-0.15, -0.1) is 0 Å². The van der Waals surface area contributed by atoms with Crippen LogP contribution in [0, 0.1) is 0 Å². The number of methoxy groups -OCH3 is 1. The third kappa shape index (κ3) is 5.71. The Hall–Kier alpha value is -1.60. The van der Waals surface area contributed by atoms with Crippen LogP contribution in [0.3, 0.4) is 0 Å². The highest BCUT2D eigenvalue weighted by Crippen LogP contribution is 2.14. The number of sulfonamides is 1. The Kier molecular flexibility index (Phi) is 5.78. The maximum Gasteiger partial charge on any atom is 0.322 e. The van der Waals surface area contributed by atoms with E-state index < -0.39 is 21.7 Å². The zero-order chi connectivity index (χ0) is 14.3. The number of carbonyl (C=O) groups is 1. The molecule has 0 aliphatic carbocycles. The second-order valence-electron chi connectivity index (χ2n) is 3.96. The summed E-state index contributed by atoms with van der Waals surface area (Å²) in [6.07, 6.45) is 1.27. The molecule has 1 aromatic rings. The first-order valence-electron chi connectivity index (χ1n) is 5.74. The Labute approximate surface area is 112 Å². The number of aliphatic hydroxyl groups excluding tert-OH is 1. The highest BCUT2D eigenvalue weighted by Gasteiger charge is 2.16. The van der Waals surface area contributed by atoms with E-state index in [-0.39, 0.29) is 6.61 Å². The van der Waals surface area contributed by atoms with Gasteiger partial charge < -0.3 is 9.84 Å². The molecule has 6 nitrogen and oxygen atoms in total. The van der Waals surface area contributed by atoms with Crippen molar-refractivity contribution in [1.29, 1.82) is 0 Å². The topological polar surface area (TPSA) is 92.7 Å². The number of ether oxygens (including phenoxy) is 1. The largest absolute Gasteiger partial charge is 0.468 e. The molecule has 0 bridgehead atoms. The van der Waals surface area contributed by atoms with Crippen molar-refractivity contribution >= 4 is 21.7 Å². The summed E-state index contributed by atoms with van der Waals surface area (Å²) in [5.41, 5.74) is 1.30. The Morgan fingerprint density at radius 1 is 1.42 bits per heavy atom. The lowest BCUT2D eigenvalue weighted by Crippen LogP contribution is -2.23. The third-order valence-electron chi connectivity index (χ3n) is 2.36. The maximum atomic E-state index is 11.6. The predicted molar refractivity (Wildman–Crippen MR) is 71.3 cm³/mol. The van der Waals surface area contributed by atoms with E-state index >= 15 is 0 Å². The van der Waals surface area contributed by atoms with Crippen LogP contribution in [-0.2, 0) is 26.0 Å². The van der Waals surface area contributed by atoms with Crippen LogP contribution >= 0.6 is 0 Å². The molecule has 1 rings (SSSR count). The van der Waals surface area contributed by atoms with E-state index in [1.165, 1.54) is 0 Å². The number of rotatable bonds is 7. The zero-order valence-electron chi connectivity index (χ0n) is 10.6. The summed E-state index contributed by atoms with van der Waals surface area (Å²) in [6, 6.07) is 6.82. The fourth-order valence-electron chi connectivity index (χ4n) is 1.50. The average Bonchev–Trinajstić information content (AvgIpc) is 2.35. The average molecular weight is 287 g/mol. The lowest BCUT2D eigenvalue weighted by molar-refractivity contribution is -0.137.